The van der Waals surface area contributed by atoms with Gasteiger partial charge in [-0.1, -0.05) is 48.0 Å². The molecule has 172 valence electrons. The average molecular weight is 454 g/mol. The van der Waals surface area contributed by atoms with Crippen molar-refractivity contribution in [1.82, 2.24) is 4.90 Å². The van der Waals surface area contributed by atoms with E-state index in [1.54, 1.807) is 12.0 Å². The summed E-state index contributed by atoms with van der Waals surface area (Å²) in [6.07, 6.45) is 0.651. The van der Waals surface area contributed by atoms with Gasteiger partial charge in [0.2, 0.25) is 5.76 Å². The Morgan fingerprint density at radius 3 is 2.29 bits per heavy atom. The van der Waals surface area contributed by atoms with Crippen molar-refractivity contribution in [1.29, 1.82) is 0 Å². The van der Waals surface area contributed by atoms with Crippen LogP contribution in [0.15, 0.2) is 69.9 Å². The molecule has 0 N–H and O–H groups in total. The molecule has 3 aromatic carbocycles. The van der Waals surface area contributed by atoms with E-state index >= 15 is 0 Å². The highest BCUT2D eigenvalue weighted by molar-refractivity contribution is 5.99. The number of carbonyl (C=O) groups is 1. The summed E-state index contributed by atoms with van der Waals surface area (Å²) in [5, 5.41) is 0.526. The summed E-state index contributed by atoms with van der Waals surface area (Å²) in [5.41, 5.74) is 5.75. The summed E-state index contributed by atoms with van der Waals surface area (Å²) in [6, 6.07) is 19.2. The van der Waals surface area contributed by atoms with Crippen LogP contribution in [0.3, 0.4) is 0 Å². The Balaban J connectivity index is 1.62. The monoisotopic (exact) mass is 453 g/mol. The Bertz CT molecular complexity index is 1450. The molecule has 0 unspecified atom stereocenters. The Morgan fingerprint density at radius 2 is 1.62 bits per heavy atom. The van der Waals surface area contributed by atoms with Gasteiger partial charge in [0.05, 0.1) is 24.1 Å². The Hall–Kier alpha value is -3.86. The van der Waals surface area contributed by atoms with Gasteiger partial charge in [0.15, 0.2) is 5.43 Å². The van der Waals surface area contributed by atoms with E-state index < -0.39 is 6.04 Å². The van der Waals surface area contributed by atoms with Crippen molar-refractivity contribution < 1.29 is 13.9 Å². The zero-order valence-corrected chi connectivity index (χ0v) is 19.8. The SMILES string of the molecule is COc1ccc(CCN2C(=O)c3oc4c(C)cc(C)cc4c(=O)c3[C@H]2c2ccc(C)cc2)cc1. The normalized spacial score (nSPS) is 15.1. The van der Waals surface area contributed by atoms with Crippen LogP contribution in [0.1, 0.15) is 50.0 Å². The van der Waals surface area contributed by atoms with Gasteiger partial charge in [-0.3, -0.25) is 9.59 Å². The molecule has 0 radical (unpaired) electrons. The maximum Gasteiger partial charge on any atom is 0.290 e. The molecule has 0 saturated carbocycles. The molecule has 4 aromatic rings. The summed E-state index contributed by atoms with van der Waals surface area (Å²) in [7, 11) is 1.64. The summed E-state index contributed by atoms with van der Waals surface area (Å²) < 4.78 is 11.4. The zero-order valence-electron chi connectivity index (χ0n) is 19.8. The van der Waals surface area contributed by atoms with Crippen molar-refractivity contribution in [3.63, 3.8) is 0 Å². The lowest BCUT2D eigenvalue weighted by Gasteiger charge is -2.25. The van der Waals surface area contributed by atoms with Crippen molar-refractivity contribution in [3.8, 4) is 5.75 Å². The number of benzene rings is 3. The van der Waals surface area contributed by atoms with Crippen LogP contribution in [-0.4, -0.2) is 24.5 Å². The second-order valence-corrected chi connectivity index (χ2v) is 9.04. The fraction of sp³-hybridized carbons (Fsp3) is 0.241. The Kier molecular flexibility index (Phi) is 5.48. The van der Waals surface area contributed by atoms with E-state index in [4.69, 9.17) is 9.15 Å². The van der Waals surface area contributed by atoms with Gasteiger partial charge >= 0.3 is 0 Å². The number of rotatable bonds is 5. The van der Waals surface area contributed by atoms with Crippen LogP contribution in [-0.2, 0) is 6.42 Å². The Labute approximate surface area is 198 Å². The number of carbonyl (C=O) groups excluding carboxylic acids is 1. The number of fused-ring (bicyclic) bond motifs is 2. The number of amides is 1. The van der Waals surface area contributed by atoms with Gasteiger partial charge in [0.1, 0.15) is 11.3 Å². The molecule has 5 nitrogen and oxygen atoms in total. The largest absolute Gasteiger partial charge is 0.497 e. The van der Waals surface area contributed by atoms with E-state index in [1.165, 1.54) is 0 Å². The number of hydrogen-bond acceptors (Lipinski definition) is 4. The maximum atomic E-state index is 13.8. The van der Waals surface area contributed by atoms with Crippen LogP contribution < -0.4 is 10.2 Å². The highest BCUT2D eigenvalue weighted by Gasteiger charge is 2.42. The number of aryl methyl sites for hydroxylation is 3. The molecule has 1 amide bonds. The molecule has 0 bridgehead atoms. The number of ether oxygens (including phenoxy) is 1. The Morgan fingerprint density at radius 1 is 0.912 bits per heavy atom. The zero-order chi connectivity index (χ0) is 24.0. The van der Waals surface area contributed by atoms with Crippen molar-refractivity contribution in [3.05, 3.63) is 110 Å². The molecular weight excluding hydrogens is 426 g/mol. The maximum absolute atomic E-state index is 13.8. The fourth-order valence-electron chi connectivity index (χ4n) is 4.84. The summed E-state index contributed by atoms with van der Waals surface area (Å²) in [6.45, 7) is 6.35. The van der Waals surface area contributed by atoms with Crippen molar-refractivity contribution in [2.75, 3.05) is 13.7 Å². The van der Waals surface area contributed by atoms with E-state index in [2.05, 4.69) is 0 Å². The first-order chi connectivity index (χ1) is 16.4. The molecule has 0 spiro atoms. The van der Waals surface area contributed by atoms with Gasteiger partial charge in [0.25, 0.3) is 5.91 Å². The predicted octanol–water partition coefficient (Wildman–Crippen LogP) is 5.51. The van der Waals surface area contributed by atoms with Gasteiger partial charge in [-0.2, -0.15) is 0 Å². The van der Waals surface area contributed by atoms with Gasteiger partial charge in [0, 0.05) is 6.54 Å². The third-order valence-electron chi connectivity index (χ3n) is 6.59. The van der Waals surface area contributed by atoms with Crippen molar-refractivity contribution in [2.24, 2.45) is 0 Å². The molecule has 1 atom stereocenters. The lowest BCUT2D eigenvalue weighted by atomic mass is 9.96. The standard InChI is InChI=1S/C29H27NO4/c1-17-5-9-21(10-6-17)25-24-26(31)23-16-18(2)15-19(3)27(23)34-28(24)29(32)30(25)14-13-20-7-11-22(33-4)12-8-20/h5-12,15-16,25H,13-14H2,1-4H3/t25-/m1/s1. The van der Waals surface area contributed by atoms with Crippen LogP contribution in [0.25, 0.3) is 11.0 Å². The molecule has 1 aliphatic heterocycles. The smallest absolute Gasteiger partial charge is 0.290 e. The number of nitrogens with zero attached hydrogens (tertiary/aromatic N) is 1. The van der Waals surface area contributed by atoms with E-state index in [0.29, 0.717) is 29.5 Å². The first-order valence-corrected chi connectivity index (χ1v) is 11.5. The third kappa shape index (κ3) is 3.67. The topological polar surface area (TPSA) is 59.8 Å². The quantitative estimate of drug-likeness (QED) is 0.400. The summed E-state index contributed by atoms with van der Waals surface area (Å²) >= 11 is 0. The highest BCUT2D eigenvalue weighted by Crippen LogP contribution is 2.38. The van der Waals surface area contributed by atoms with Gasteiger partial charge in [-0.15, -0.1) is 0 Å². The van der Waals surface area contributed by atoms with E-state index in [1.807, 2.05) is 81.4 Å². The van der Waals surface area contributed by atoms with E-state index in [9.17, 15) is 9.59 Å². The van der Waals surface area contributed by atoms with Crippen molar-refractivity contribution in [2.45, 2.75) is 33.2 Å². The molecule has 0 aliphatic carbocycles. The molecule has 34 heavy (non-hydrogen) atoms. The molecule has 2 heterocycles. The first-order valence-electron chi connectivity index (χ1n) is 11.5. The molecule has 0 saturated heterocycles. The highest BCUT2D eigenvalue weighted by atomic mass is 16.5. The second kappa shape index (κ2) is 8.49. The first kappa shape index (κ1) is 22.0. The second-order valence-electron chi connectivity index (χ2n) is 9.04. The molecule has 5 rings (SSSR count). The summed E-state index contributed by atoms with van der Waals surface area (Å²) in [5.74, 6) is 0.705. The van der Waals surface area contributed by atoms with Crippen LogP contribution in [0.2, 0.25) is 0 Å². The molecule has 5 heteroatoms. The van der Waals surface area contributed by atoms with Gasteiger partial charge < -0.3 is 14.1 Å². The molecule has 0 fully saturated rings. The lowest BCUT2D eigenvalue weighted by Crippen LogP contribution is -2.31. The minimum atomic E-state index is -0.484. The van der Waals surface area contributed by atoms with Crippen LogP contribution >= 0.6 is 0 Å². The van der Waals surface area contributed by atoms with Crippen LogP contribution in [0, 0.1) is 20.8 Å². The third-order valence-corrected chi connectivity index (χ3v) is 6.59. The molecule has 1 aliphatic rings. The number of methoxy groups -OCH3 is 1. The predicted molar refractivity (Wildman–Crippen MR) is 133 cm³/mol. The average Bonchev–Trinajstić information content (AvgIpc) is 3.11. The minimum absolute atomic E-state index is 0.131. The molecule has 1 aromatic heterocycles. The minimum Gasteiger partial charge on any atom is -0.497 e. The van der Waals surface area contributed by atoms with E-state index in [-0.39, 0.29) is 17.1 Å². The van der Waals surface area contributed by atoms with Gasteiger partial charge in [-0.25, -0.2) is 0 Å². The molecular formula is C29H27NO4. The van der Waals surface area contributed by atoms with Crippen LogP contribution in [0.4, 0.5) is 0 Å². The van der Waals surface area contributed by atoms with Crippen molar-refractivity contribution >= 4 is 16.9 Å². The number of hydrogen-bond donors (Lipinski definition) is 0. The van der Waals surface area contributed by atoms with E-state index in [0.717, 1.165) is 33.6 Å². The lowest BCUT2D eigenvalue weighted by molar-refractivity contribution is 0.0730. The van der Waals surface area contributed by atoms with Crippen LogP contribution in [0.5, 0.6) is 5.75 Å². The van der Waals surface area contributed by atoms with Gasteiger partial charge in [-0.05, 0) is 67.6 Å². The summed E-state index contributed by atoms with van der Waals surface area (Å²) in [4.78, 5) is 29.1. The fourth-order valence-corrected chi connectivity index (χ4v) is 4.84.